The van der Waals surface area contributed by atoms with Crippen molar-refractivity contribution >= 4 is 39.9 Å². The van der Waals surface area contributed by atoms with E-state index in [0.29, 0.717) is 29.4 Å². The van der Waals surface area contributed by atoms with E-state index in [-0.39, 0.29) is 29.9 Å². The summed E-state index contributed by atoms with van der Waals surface area (Å²) in [5, 5.41) is 3.47. The summed E-state index contributed by atoms with van der Waals surface area (Å²) in [5.74, 6) is 0. The second-order valence-electron chi connectivity index (χ2n) is 8.64. The molecule has 1 saturated carbocycles. The number of urea groups is 1. The van der Waals surface area contributed by atoms with E-state index in [4.69, 9.17) is 17.3 Å². The fourth-order valence-corrected chi connectivity index (χ4v) is 5.55. The predicted molar refractivity (Wildman–Crippen MR) is 136 cm³/mol. The van der Waals surface area contributed by atoms with Crippen LogP contribution in [0.2, 0.25) is 5.02 Å². The number of nitrogens with zero attached hydrogens (tertiary/aromatic N) is 1. The van der Waals surface area contributed by atoms with Gasteiger partial charge >= 0.3 is 6.03 Å². The maximum Gasteiger partial charge on any atom is 0.317 e. The lowest BCUT2D eigenvalue weighted by Gasteiger charge is -2.43. The van der Waals surface area contributed by atoms with Crippen LogP contribution >= 0.6 is 24.0 Å². The Labute approximate surface area is 208 Å². The number of carbonyl (C=O) groups excluding carboxylic acids is 1. The van der Waals surface area contributed by atoms with E-state index in [1.165, 1.54) is 6.26 Å². The summed E-state index contributed by atoms with van der Waals surface area (Å²) in [6.45, 7) is 1.06. The molecule has 9 heteroatoms. The highest BCUT2D eigenvalue weighted by Crippen LogP contribution is 2.40. The molecule has 2 aromatic carbocycles. The minimum Gasteiger partial charge on any atom is -0.341 e. The van der Waals surface area contributed by atoms with E-state index < -0.39 is 9.84 Å². The number of nitrogens with one attached hydrogen (secondary N) is 1. The number of amides is 2. The molecule has 0 bridgehead atoms. The number of carbonyl (C=O) groups is 1. The summed E-state index contributed by atoms with van der Waals surface area (Å²) in [6.07, 6.45) is 5.25. The highest BCUT2D eigenvalue weighted by molar-refractivity contribution is 7.90. The first kappa shape index (κ1) is 27.4. The Hall–Kier alpha value is -1.80. The molecule has 182 valence electrons. The van der Waals surface area contributed by atoms with Gasteiger partial charge in [0, 0.05) is 42.9 Å². The van der Waals surface area contributed by atoms with Crippen molar-refractivity contribution in [3.05, 3.63) is 64.7 Å². The molecule has 0 unspecified atom stereocenters. The van der Waals surface area contributed by atoms with Crippen molar-refractivity contribution in [1.29, 1.82) is 0 Å². The van der Waals surface area contributed by atoms with Crippen molar-refractivity contribution in [2.24, 2.45) is 5.73 Å². The number of hydrogen-bond acceptors (Lipinski definition) is 4. The predicted octanol–water partition coefficient (Wildman–Crippen LogP) is 4.19. The van der Waals surface area contributed by atoms with Crippen molar-refractivity contribution in [2.75, 3.05) is 26.4 Å². The molecule has 3 N–H and O–H groups in total. The number of halogens is 2. The molecule has 1 aliphatic rings. The summed E-state index contributed by atoms with van der Waals surface area (Å²) in [7, 11) is -1.63. The van der Waals surface area contributed by atoms with Gasteiger partial charge in [-0.15, -0.1) is 12.4 Å². The van der Waals surface area contributed by atoms with Crippen LogP contribution in [0.25, 0.3) is 0 Å². The molecule has 0 radical (unpaired) electrons. The molecule has 0 heterocycles. The maximum absolute atomic E-state index is 12.7. The SMILES string of the molecule is CNC(=O)N(CCc1cccc(S(C)(=O)=O)c1)[C@H]1CC[C@](CN)(c2cccc(Cl)c2)CC1.Cl. The van der Waals surface area contributed by atoms with Crippen molar-refractivity contribution in [3.63, 3.8) is 0 Å². The zero-order chi connectivity index (χ0) is 23.4. The van der Waals surface area contributed by atoms with Crippen LogP contribution in [0, 0.1) is 0 Å². The second-order valence-corrected chi connectivity index (χ2v) is 11.1. The standard InChI is InChI=1S/C24H32ClN3O3S.ClH/c1-27-23(29)28(14-11-18-5-3-8-22(15-18)32(2,30)31)21-9-12-24(17-26,13-10-21)19-6-4-7-20(25)16-19;/h3-8,15-16,21H,9-14,17,26H2,1-2H3,(H,27,29);1H/t21-,24-;. The van der Waals surface area contributed by atoms with Gasteiger partial charge in [-0.25, -0.2) is 13.2 Å². The zero-order valence-electron chi connectivity index (χ0n) is 19.1. The van der Waals surface area contributed by atoms with E-state index >= 15 is 0 Å². The van der Waals surface area contributed by atoms with Crippen molar-refractivity contribution in [1.82, 2.24) is 10.2 Å². The van der Waals surface area contributed by atoms with Gasteiger partial charge in [-0.05, 0) is 67.5 Å². The van der Waals surface area contributed by atoms with Gasteiger partial charge in [0.2, 0.25) is 0 Å². The minimum atomic E-state index is -3.26. The monoisotopic (exact) mass is 513 g/mol. The van der Waals surface area contributed by atoms with E-state index in [2.05, 4.69) is 11.4 Å². The van der Waals surface area contributed by atoms with Gasteiger partial charge in [0.05, 0.1) is 4.90 Å². The molecule has 0 aromatic heterocycles. The fourth-order valence-electron chi connectivity index (χ4n) is 4.67. The quantitative estimate of drug-likeness (QED) is 0.580. The fraction of sp³-hybridized carbons (Fsp3) is 0.458. The Kier molecular flexibility index (Phi) is 9.61. The summed E-state index contributed by atoms with van der Waals surface area (Å²) < 4.78 is 23.7. The molecule has 0 spiro atoms. The van der Waals surface area contributed by atoms with Crippen LogP contribution in [-0.4, -0.2) is 51.8 Å². The van der Waals surface area contributed by atoms with Gasteiger partial charge in [-0.2, -0.15) is 0 Å². The average Bonchev–Trinajstić information content (AvgIpc) is 2.79. The maximum atomic E-state index is 12.7. The molecule has 0 atom stereocenters. The van der Waals surface area contributed by atoms with Gasteiger partial charge in [-0.3, -0.25) is 0 Å². The molecule has 33 heavy (non-hydrogen) atoms. The molecule has 0 aliphatic heterocycles. The summed E-state index contributed by atoms with van der Waals surface area (Å²) in [6, 6.07) is 14.8. The minimum absolute atomic E-state index is 0. The largest absolute Gasteiger partial charge is 0.341 e. The Morgan fingerprint density at radius 1 is 1.18 bits per heavy atom. The van der Waals surface area contributed by atoms with Crippen LogP contribution in [0.1, 0.15) is 36.8 Å². The van der Waals surface area contributed by atoms with Crippen LogP contribution in [-0.2, 0) is 21.7 Å². The normalized spacial score (nSPS) is 20.5. The third-order valence-electron chi connectivity index (χ3n) is 6.62. The summed E-state index contributed by atoms with van der Waals surface area (Å²) >= 11 is 6.22. The Balaban J connectivity index is 0.00000385. The summed E-state index contributed by atoms with van der Waals surface area (Å²) in [4.78, 5) is 14.9. The van der Waals surface area contributed by atoms with E-state index in [1.54, 1.807) is 25.2 Å². The Morgan fingerprint density at radius 3 is 2.42 bits per heavy atom. The second kappa shape index (κ2) is 11.6. The lowest BCUT2D eigenvalue weighted by Crippen LogP contribution is -2.50. The van der Waals surface area contributed by atoms with Gasteiger partial charge in [0.15, 0.2) is 9.84 Å². The molecular weight excluding hydrogens is 481 g/mol. The Morgan fingerprint density at radius 2 is 1.85 bits per heavy atom. The first-order valence-electron chi connectivity index (χ1n) is 10.9. The van der Waals surface area contributed by atoms with Crippen LogP contribution < -0.4 is 11.1 Å². The highest BCUT2D eigenvalue weighted by atomic mass is 35.5. The number of sulfone groups is 1. The smallest absolute Gasteiger partial charge is 0.317 e. The van der Waals surface area contributed by atoms with Crippen LogP contribution in [0.4, 0.5) is 4.79 Å². The molecular formula is C24H33Cl2N3O3S. The molecule has 1 aliphatic carbocycles. The number of benzene rings is 2. The highest BCUT2D eigenvalue weighted by Gasteiger charge is 2.38. The van der Waals surface area contributed by atoms with Gasteiger partial charge in [0.25, 0.3) is 0 Å². The Bertz CT molecular complexity index is 1050. The van der Waals surface area contributed by atoms with Gasteiger partial charge < -0.3 is 16.0 Å². The third kappa shape index (κ3) is 6.63. The summed E-state index contributed by atoms with van der Waals surface area (Å²) in [5.41, 5.74) is 8.16. The molecule has 2 amide bonds. The van der Waals surface area contributed by atoms with Crippen molar-refractivity contribution in [3.8, 4) is 0 Å². The average molecular weight is 515 g/mol. The van der Waals surface area contributed by atoms with E-state index in [9.17, 15) is 13.2 Å². The molecule has 2 aromatic rings. The van der Waals surface area contributed by atoms with E-state index in [1.807, 2.05) is 29.2 Å². The van der Waals surface area contributed by atoms with Crippen molar-refractivity contribution < 1.29 is 13.2 Å². The zero-order valence-corrected chi connectivity index (χ0v) is 21.5. The molecule has 3 rings (SSSR count). The number of nitrogens with two attached hydrogens (primary N) is 1. The lowest BCUT2D eigenvalue weighted by atomic mass is 9.68. The van der Waals surface area contributed by atoms with E-state index in [0.717, 1.165) is 36.8 Å². The topological polar surface area (TPSA) is 92.5 Å². The molecule has 0 saturated heterocycles. The number of rotatable bonds is 7. The molecule has 1 fully saturated rings. The third-order valence-corrected chi connectivity index (χ3v) is 7.97. The van der Waals surface area contributed by atoms with Crippen LogP contribution in [0.5, 0.6) is 0 Å². The molecule has 6 nitrogen and oxygen atoms in total. The van der Waals surface area contributed by atoms with Crippen LogP contribution in [0.15, 0.2) is 53.4 Å². The first-order valence-corrected chi connectivity index (χ1v) is 13.2. The first-order chi connectivity index (χ1) is 15.2. The lowest BCUT2D eigenvalue weighted by molar-refractivity contribution is 0.137. The van der Waals surface area contributed by atoms with Crippen LogP contribution in [0.3, 0.4) is 0 Å². The van der Waals surface area contributed by atoms with Gasteiger partial charge in [-0.1, -0.05) is 35.9 Å². The number of hydrogen-bond donors (Lipinski definition) is 2. The van der Waals surface area contributed by atoms with Crippen molar-refractivity contribution in [2.45, 2.75) is 48.5 Å². The van der Waals surface area contributed by atoms with Gasteiger partial charge in [0.1, 0.15) is 0 Å².